The smallest absolute Gasteiger partial charge is 0.274 e. The van der Waals surface area contributed by atoms with E-state index in [0.29, 0.717) is 11.4 Å². The molecule has 2 aromatic heterocycles. The molecule has 0 atom stereocenters. The van der Waals surface area contributed by atoms with Crippen LogP contribution in [0.3, 0.4) is 0 Å². The molecule has 25 heavy (non-hydrogen) atoms. The summed E-state index contributed by atoms with van der Waals surface area (Å²) in [5.74, 6) is 0.152. The van der Waals surface area contributed by atoms with E-state index in [2.05, 4.69) is 15.0 Å². The van der Waals surface area contributed by atoms with Crippen LogP contribution in [0, 0.1) is 0 Å². The van der Waals surface area contributed by atoms with Gasteiger partial charge in [-0.1, -0.05) is 24.3 Å². The average Bonchev–Trinajstić information content (AvgIpc) is 3.11. The molecule has 0 aliphatic carbocycles. The average molecular weight is 330 g/mol. The number of H-pyrrole nitrogens is 1. The Hall–Kier alpha value is -3.51. The van der Waals surface area contributed by atoms with Crippen molar-refractivity contribution >= 4 is 16.9 Å². The van der Waals surface area contributed by atoms with Gasteiger partial charge in [-0.3, -0.25) is 15.0 Å². The van der Waals surface area contributed by atoms with Crippen LogP contribution in [0.5, 0.6) is 0 Å². The number of benzene rings is 2. The minimum absolute atomic E-state index is 0.356. The van der Waals surface area contributed by atoms with Crippen LogP contribution in [0.4, 0.5) is 0 Å². The molecule has 0 aliphatic rings. The minimum Gasteiger partial charge on any atom is -0.338 e. The molecule has 0 fully saturated rings. The van der Waals surface area contributed by atoms with Crippen molar-refractivity contribution in [2.75, 3.05) is 0 Å². The molecule has 6 nitrogen and oxygen atoms in total. The summed E-state index contributed by atoms with van der Waals surface area (Å²) in [6.07, 6.45) is 3.56. The number of hydrogen-bond acceptors (Lipinski definition) is 4. The zero-order valence-corrected chi connectivity index (χ0v) is 13.1. The Morgan fingerprint density at radius 3 is 2.64 bits per heavy atom. The van der Waals surface area contributed by atoms with Gasteiger partial charge in [-0.25, -0.2) is 10.5 Å². The molecule has 0 bridgehead atoms. The molecule has 0 spiro atoms. The van der Waals surface area contributed by atoms with Crippen molar-refractivity contribution in [2.24, 2.45) is 0 Å². The Morgan fingerprint density at radius 1 is 1.00 bits per heavy atom. The highest BCUT2D eigenvalue weighted by atomic mass is 16.5. The van der Waals surface area contributed by atoms with E-state index < -0.39 is 5.91 Å². The van der Waals surface area contributed by atoms with Gasteiger partial charge in [-0.2, -0.15) is 0 Å². The van der Waals surface area contributed by atoms with Crippen molar-refractivity contribution in [3.8, 4) is 22.5 Å². The fourth-order valence-electron chi connectivity index (χ4n) is 2.73. The molecule has 4 rings (SSSR count). The van der Waals surface area contributed by atoms with E-state index in [9.17, 15) is 4.79 Å². The van der Waals surface area contributed by atoms with Gasteiger partial charge in [0.25, 0.3) is 5.91 Å². The quantitative estimate of drug-likeness (QED) is 0.396. The summed E-state index contributed by atoms with van der Waals surface area (Å²) in [4.78, 5) is 23.5. The predicted molar refractivity (Wildman–Crippen MR) is 94.0 cm³/mol. The SMILES string of the molecule is O=C(NO)c1ccc2nc(-c3cccc(-c4cccnc4)c3)[nH]c2c1. The third kappa shape index (κ3) is 2.86. The molecule has 1 amide bonds. The lowest BCUT2D eigenvalue weighted by atomic mass is 10.0. The number of rotatable bonds is 3. The van der Waals surface area contributed by atoms with Gasteiger partial charge in [0.05, 0.1) is 11.0 Å². The Balaban J connectivity index is 1.76. The third-order valence-corrected chi connectivity index (χ3v) is 3.98. The second-order valence-corrected chi connectivity index (χ2v) is 5.58. The van der Waals surface area contributed by atoms with Crippen molar-refractivity contribution in [1.82, 2.24) is 20.4 Å². The molecule has 2 heterocycles. The number of aromatic amines is 1. The van der Waals surface area contributed by atoms with Crippen LogP contribution in [0.15, 0.2) is 67.0 Å². The van der Waals surface area contributed by atoms with E-state index in [4.69, 9.17) is 5.21 Å². The molecule has 4 aromatic rings. The van der Waals surface area contributed by atoms with E-state index >= 15 is 0 Å². The second-order valence-electron chi connectivity index (χ2n) is 5.58. The summed E-state index contributed by atoms with van der Waals surface area (Å²) in [5.41, 5.74) is 6.47. The molecule has 6 heteroatoms. The van der Waals surface area contributed by atoms with E-state index in [-0.39, 0.29) is 0 Å². The molecule has 0 aliphatic heterocycles. The molecule has 3 N–H and O–H groups in total. The van der Waals surface area contributed by atoms with Crippen LogP contribution in [0.25, 0.3) is 33.5 Å². The standard InChI is InChI=1S/C19H14N4O2/c24-19(23-25)14-6-7-16-17(10-14)22-18(21-16)13-4-1-3-12(9-13)15-5-2-8-20-11-15/h1-11,25H,(H,21,22)(H,23,24). The van der Waals surface area contributed by atoms with Gasteiger partial charge in [0.2, 0.25) is 0 Å². The maximum atomic E-state index is 11.5. The summed E-state index contributed by atoms with van der Waals surface area (Å²) >= 11 is 0. The number of hydroxylamine groups is 1. The second kappa shape index (κ2) is 6.18. The first-order chi connectivity index (χ1) is 12.2. The number of fused-ring (bicyclic) bond motifs is 1. The van der Waals surface area contributed by atoms with Crippen LogP contribution in [-0.2, 0) is 0 Å². The Labute approximate surface area is 143 Å². The van der Waals surface area contributed by atoms with Crippen LogP contribution in [-0.4, -0.2) is 26.1 Å². The summed E-state index contributed by atoms with van der Waals surface area (Å²) in [6.45, 7) is 0. The van der Waals surface area contributed by atoms with Crippen molar-refractivity contribution in [3.63, 3.8) is 0 Å². The first-order valence-electron chi connectivity index (χ1n) is 7.69. The van der Waals surface area contributed by atoms with Gasteiger partial charge in [-0.15, -0.1) is 0 Å². The summed E-state index contributed by atoms with van der Waals surface area (Å²) in [6, 6.07) is 16.9. The number of pyridine rings is 1. The van der Waals surface area contributed by atoms with Crippen LogP contribution in [0.2, 0.25) is 0 Å². The number of carbonyl (C=O) groups excluding carboxylic acids is 1. The van der Waals surface area contributed by atoms with Gasteiger partial charge in [0.1, 0.15) is 5.82 Å². The lowest BCUT2D eigenvalue weighted by molar-refractivity contribution is 0.0706. The van der Waals surface area contributed by atoms with Gasteiger partial charge in [0.15, 0.2) is 0 Å². The number of amides is 1. The highest BCUT2D eigenvalue weighted by molar-refractivity contribution is 5.97. The number of imidazole rings is 1. The van der Waals surface area contributed by atoms with Gasteiger partial charge < -0.3 is 4.98 Å². The van der Waals surface area contributed by atoms with Crippen LogP contribution < -0.4 is 5.48 Å². The molecule has 0 saturated carbocycles. The zero-order valence-electron chi connectivity index (χ0n) is 13.1. The van der Waals surface area contributed by atoms with E-state index in [0.717, 1.165) is 27.7 Å². The largest absolute Gasteiger partial charge is 0.338 e. The number of nitrogens with zero attached hydrogens (tertiary/aromatic N) is 2. The molecular formula is C19H14N4O2. The first kappa shape index (κ1) is 15.0. The van der Waals surface area contributed by atoms with E-state index in [1.165, 1.54) is 0 Å². The zero-order chi connectivity index (χ0) is 17.2. The van der Waals surface area contributed by atoms with Crippen molar-refractivity contribution < 1.29 is 10.0 Å². The van der Waals surface area contributed by atoms with E-state index in [1.54, 1.807) is 29.9 Å². The monoisotopic (exact) mass is 330 g/mol. The van der Waals surface area contributed by atoms with E-state index in [1.807, 2.05) is 42.6 Å². The van der Waals surface area contributed by atoms with Crippen LogP contribution in [0.1, 0.15) is 10.4 Å². The van der Waals surface area contributed by atoms with Crippen LogP contribution >= 0.6 is 0 Å². The fraction of sp³-hybridized carbons (Fsp3) is 0. The van der Waals surface area contributed by atoms with Crippen molar-refractivity contribution in [3.05, 3.63) is 72.6 Å². The maximum absolute atomic E-state index is 11.5. The van der Waals surface area contributed by atoms with Gasteiger partial charge >= 0.3 is 0 Å². The molecule has 0 unspecified atom stereocenters. The first-order valence-corrected chi connectivity index (χ1v) is 7.69. The Kier molecular flexibility index (Phi) is 3.72. The fourth-order valence-corrected chi connectivity index (χ4v) is 2.73. The summed E-state index contributed by atoms with van der Waals surface area (Å²) < 4.78 is 0. The molecule has 0 radical (unpaired) electrons. The van der Waals surface area contributed by atoms with Crippen molar-refractivity contribution in [2.45, 2.75) is 0 Å². The molecule has 0 saturated heterocycles. The summed E-state index contributed by atoms with van der Waals surface area (Å²) in [5, 5.41) is 8.75. The predicted octanol–water partition coefficient (Wildman–Crippen LogP) is 3.41. The molecule has 2 aromatic carbocycles. The lowest BCUT2D eigenvalue weighted by Crippen LogP contribution is -2.18. The molecular weight excluding hydrogens is 316 g/mol. The minimum atomic E-state index is -0.559. The summed E-state index contributed by atoms with van der Waals surface area (Å²) in [7, 11) is 0. The van der Waals surface area contributed by atoms with Gasteiger partial charge in [0, 0.05) is 29.1 Å². The normalized spacial score (nSPS) is 10.8. The highest BCUT2D eigenvalue weighted by Gasteiger charge is 2.10. The number of carbonyl (C=O) groups is 1. The number of nitrogens with one attached hydrogen (secondary N) is 2. The number of hydrogen-bond donors (Lipinski definition) is 3. The molecule has 122 valence electrons. The Bertz CT molecular complexity index is 1060. The lowest BCUT2D eigenvalue weighted by Gasteiger charge is -2.03. The highest BCUT2D eigenvalue weighted by Crippen LogP contribution is 2.26. The third-order valence-electron chi connectivity index (χ3n) is 3.98. The number of aromatic nitrogens is 3. The Morgan fingerprint density at radius 2 is 1.84 bits per heavy atom. The van der Waals surface area contributed by atoms with Gasteiger partial charge in [-0.05, 0) is 35.9 Å². The van der Waals surface area contributed by atoms with Crippen molar-refractivity contribution in [1.29, 1.82) is 0 Å². The topological polar surface area (TPSA) is 90.9 Å². The maximum Gasteiger partial charge on any atom is 0.274 e.